The molecule has 4 nitrogen and oxygen atoms in total. The van der Waals surface area contributed by atoms with E-state index < -0.39 is 0 Å². The summed E-state index contributed by atoms with van der Waals surface area (Å²) in [5.74, 6) is 0.737. The Morgan fingerprint density at radius 3 is 2.87 bits per heavy atom. The number of benzene rings is 1. The minimum absolute atomic E-state index is 0.0798. The lowest BCUT2D eigenvalue weighted by atomic mass is 10.3. The van der Waals surface area contributed by atoms with E-state index >= 15 is 0 Å². The highest BCUT2D eigenvalue weighted by Crippen LogP contribution is 2.23. The van der Waals surface area contributed by atoms with Crippen molar-refractivity contribution in [1.82, 2.24) is 14.9 Å². The molecule has 0 aliphatic rings. The summed E-state index contributed by atoms with van der Waals surface area (Å²) in [6.45, 7) is 6.47. The molecule has 0 bridgehead atoms. The molecule has 2 aromatic heterocycles. The zero-order chi connectivity index (χ0) is 16.4. The Morgan fingerprint density at radius 1 is 1.39 bits per heavy atom. The monoisotopic (exact) mass is 389 g/mol. The fourth-order valence-corrected chi connectivity index (χ4v) is 3.38. The van der Waals surface area contributed by atoms with Crippen molar-refractivity contribution in [2.45, 2.75) is 19.5 Å². The molecular formula is C17H16BrN3OS. The van der Waals surface area contributed by atoms with Crippen LogP contribution in [0.25, 0.3) is 11.0 Å². The molecule has 1 atom stereocenters. The third-order valence-electron chi connectivity index (χ3n) is 3.49. The Morgan fingerprint density at radius 2 is 2.17 bits per heavy atom. The molecule has 2 heterocycles. The van der Waals surface area contributed by atoms with E-state index in [4.69, 9.17) is 0 Å². The van der Waals surface area contributed by atoms with E-state index in [1.54, 1.807) is 0 Å². The third kappa shape index (κ3) is 3.38. The lowest BCUT2D eigenvalue weighted by Crippen LogP contribution is -2.28. The molecular weight excluding hydrogens is 374 g/mol. The third-order valence-corrected chi connectivity index (χ3v) is 4.61. The van der Waals surface area contributed by atoms with Crippen molar-refractivity contribution in [3.8, 4) is 0 Å². The molecule has 1 amide bonds. The van der Waals surface area contributed by atoms with Crippen molar-refractivity contribution in [2.24, 2.45) is 0 Å². The van der Waals surface area contributed by atoms with Gasteiger partial charge < -0.3 is 9.88 Å². The number of rotatable bonds is 5. The number of halogens is 1. The Labute approximate surface area is 147 Å². The summed E-state index contributed by atoms with van der Waals surface area (Å²) in [6, 6.07) is 11.4. The SMILES string of the molecule is C=C(Br)Cn1c(C(C)NC(=O)c2cccs2)nc2ccccc21. The maximum Gasteiger partial charge on any atom is 0.261 e. The van der Waals surface area contributed by atoms with Gasteiger partial charge in [0, 0.05) is 4.48 Å². The first-order chi connectivity index (χ1) is 11.1. The number of thiophene rings is 1. The zero-order valence-corrected chi connectivity index (χ0v) is 15.0. The standard InChI is InChI=1S/C17H16BrN3OS/c1-11(18)10-21-14-7-4-3-6-13(14)20-16(21)12(2)19-17(22)15-8-5-9-23-15/h3-9,12H,1,10H2,2H3,(H,19,22). The second-order valence-electron chi connectivity index (χ2n) is 5.23. The number of hydrogen-bond donors (Lipinski definition) is 1. The molecule has 6 heteroatoms. The minimum atomic E-state index is -0.205. The first kappa shape index (κ1) is 16.0. The number of hydrogen-bond acceptors (Lipinski definition) is 3. The molecule has 1 unspecified atom stereocenters. The van der Waals surface area contributed by atoms with Gasteiger partial charge in [-0.25, -0.2) is 4.98 Å². The lowest BCUT2D eigenvalue weighted by Gasteiger charge is -2.15. The van der Waals surface area contributed by atoms with E-state index in [2.05, 4.69) is 37.4 Å². The van der Waals surface area contributed by atoms with Gasteiger partial charge in [0.1, 0.15) is 5.82 Å². The van der Waals surface area contributed by atoms with E-state index in [0.717, 1.165) is 21.3 Å². The van der Waals surface area contributed by atoms with Crippen LogP contribution < -0.4 is 5.32 Å². The van der Waals surface area contributed by atoms with Gasteiger partial charge in [0.15, 0.2) is 0 Å². The largest absolute Gasteiger partial charge is 0.342 e. The predicted octanol–water partition coefficient (Wildman–Crippen LogP) is 4.50. The summed E-state index contributed by atoms with van der Waals surface area (Å²) in [4.78, 5) is 17.7. The van der Waals surface area contributed by atoms with Gasteiger partial charge >= 0.3 is 0 Å². The Hall–Kier alpha value is -1.92. The summed E-state index contributed by atoms with van der Waals surface area (Å²) in [7, 11) is 0. The molecule has 1 aromatic carbocycles. The molecule has 0 spiro atoms. The molecule has 0 aliphatic heterocycles. The number of fused-ring (bicyclic) bond motifs is 1. The van der Waals surface area contributed by atoms with Crippen LogP contribution in [0.2, 0.25) is 0 Å². The van der Waals surface area contributed by atoms with Crippen molar-refractivity contribution in [2.75, 3.05) is 0 Å². The van der Waals surface area contributed by atoms with Crippen LogP contribution in [0.5, 0.6) is 0 Å². The van der Waals surface area contributed by atoms with E-state index in [0.29, 0.717) is 11.4 Å². The number of allylic oxidation sites excluding steroid dienone is 1. The van der Waals surface area contributed by atoms with Crippen LogP contribution in [0, 0.1) is 0 Å². The summed E-state index contributed by atoms with van der Waals surface area (Å²) in [5, 5.41) is 4.91. The van der Waals surface area contributed by atoms with E-state index in [9.17, 15) is 4.79 Å². The second-order valence-corrected chi connectivity index (χ2v) is 7.30. The molecule has 3 rings (SSSR count). The summed E-state index contributed by atoms with van der Waals surface area (Å²) < 4.78 is 2.94. The fourth-order valence-electron chi connectivity index (χ4n) is 2.50. The maximum absolute atomic E-state index is 12.3. The second kappa shape index (κ2) is 6.68. The van der Waals surface area contributed by atoms with Crippen LogP contribution in [0.4, 0.5) is 0 Å². The number of carbonyl (C=O) groups excluding carboxylic acids is 1. The van der Waals surface area contributed by atoms with Crippen molar-refractivity contribution >= 4 is 44.2 Å². The first-order valence-corrected chi connectivity index (χ1v) is 8.86. The average Bonchev–Trinajstić information content (AvgIpc) is 3.15. The van der Waals surface area contributed by atoms with Crippen molar-refractivity contribution in [3.05, 3.63) is 63.5 Å². The number of imidazole rings is 1. The summed E-state index contributed by atoms with van der Waals surface area (Å²) >= 11 is 4.85. The molecule has 0 saturated carbocycles. The van der Waals surface area contributed by atoms with Gasteiger partial charge in [0.05, 0.1) is 28.5 Å². The van der Waals surface area contributed by atoms with Crippen LogP contribution in [0.1, 0.15) is 28.5 Å². The van der Waals surface area contributed by atoms with Gasteiger partial charge in [-0.1, -0.05) is 40.7 Å². The smallest absolute Gasteiger partial charge is 0.261 e. The normalized spacial score (nSPS) is 12.3. The highest BCUT2D eigenvalue weighted by Gasteiger charge is 2.19. The maximum atomic E-state index is 12.3. The van der Waals surface area contributed by atoms with E-state index in [-0.39, 0.29) is 11.9 Å². The van der Waals surface area contributed by atoms with Crippen molar-refractivity contribution in [3.63, 3.8) is 0 Å². The molecule has 0 aliphatic carbocycles. The topological polar surface area (TPSA) is 46.9 Å². The van der Waals surface area contributed by atoms with Gasteiger partial charge in [0.25, 0.3) is 5.91 Å². The Bertz CT molecular complexity index is 854. The molecule has 23 heavy (non-hydrogen) atoms. The van der Waals surface area contributed by atoms with Crippen LogP contribution in [-0.4, -0.2) is 15.5 Å². The molecule has 0 fully saturated rings. The first-order valence-electron chi connectivity index (χ1n) is 7.19. The molecule has 118 valence electrons. The summed E-state index contributed by atoms with van der Waals surface area (Å²) in [6.07, 6.45) is 0. The van der Waals surface area contributed by atoms with E-state index in [1.165, 1.54) is 11.3 Å². The minimum Gasteiger partial charge on any atom is -0.342 e. The molecule has 1 N–H and O–H groups in total. The van der Waals surface area contributed by atoms with Crippen LogP contribution in [-0.2, 0) is 6.54 Å². The van der Waals surface area contributed by atoms with Crippen LogP contribution >= 0.6 is 27.3 Å². The van der Waals surface area contributed by atoms with Gasteiger partial charge in [-0.2, -0.15) is 0 Å². The Balaban J connectivity index is 1.94. The number of nitrogens with zero attached hydrogens (tertiary/aromatic N) is 2. The molecule has 3 aromatic rings. The highest BCUT2D eigenvalue weighted by molar-refractivity contribution is 9.11. The fraction of sp³-hybridized carbons (Fsp3) is 0.176. The van der Waals surface area contributed by atoms with Crippen LogP contribution in [0.3, 0.4) is 0 Å². The van der Waals surface area contributed by atoms with Crippen molar-refractivity contribution in [1.29, 1.82) is 0 Å². The number of para-hydroxylation sites is 2. The van der Waals surface area contributed by atoms with Gasteiger partial charge in [0.2, 0.25) is 0 Å². The molecule has 0 saturated heterocycles. The van der Waals surface area contributed by atoms with Gasteiger partial charge in [-0.05, 0) is 30.5 Å². The number of nitrogens with one attached hydrogen (secondary N) is 1. The zero-order valence-electron chi connectivity index (χ0n) is 12.6. The quantitative estimate of drug-likeness (QED) is 0.698. The Kier molecular flexibility index (Phi) is 4.63. The number of amides is 1. The predicted molar refractivity (Wildman–Crippen MR) is 98.0 cm³/mol. The van der Waals surface area contributed by atoms with Gasteiger partial charge in [-0.15, -0.1) is 11.3 Å². The van der Waals surface area contributed by atoms with Crippen LogP contribution in [0.15, 0.2) is 52.8 Å². The summed E-state index contributed by atoms with van der Waals surface area (Å²) in [5.41, 5.74) is 1.94. The van der Waals surface area contributed by atoms with Gasteiger partial charge in [-0.3, -0.25) is 4.79 Å². The number of carbonyl (C=O) groups is 1. The lowest BCUT2D eigenvalue weighted by molar-refractivity contribution is 0.0942. The van der Waals surface area contributed by atoms with E-state index in [1.807, 2.05) is 48.7 Å². The molecule has 0 radical (unpaired) electrons. The highest BCUT2D eigenvalue weighted by atomic mass is 79.9. The van der Waals surface area contributed by atoms with Crippen molar-refractivity contribution < 1.29 is 4.79 Å². The average molecular weight is 390 g/mol. The number of aromatic nitrogens is 2.